The Kier molecular flexibility index (Phi) is 6.95. The van der Waals surface area contributed by atoms with Crippen molar-refractivity contribution in [2.45, 2.75) is 32.9 Å². The second kappa shape index (κ2) is 9.18. The van der Waals surface area contributed by atoms with E-state index < -0.39 is 0 Å². The molecule has 0 saturated heterocycles. The molecule has 0 aliphatic carbocycles. The van der Waals surface area contributed by atoms with Gasteiger partial charge in [-0.3, -0.25) is 4.98 Å². The highest BCUT2D eigenvalue weighted by Crippen LogP contribution is 2.18. The van der Waals surface area contributed by atoms with Gasteiger partial charge in [-0.15, -0.1) is 0 Å². The molecule has 0 fully saturated rings. The van der Waals surface area contributed by atoms with Crippen LogP contribution < -0.4 is 10.6 Å². The number of benzene rings is 1. The maximum absolute atomic E-state index is 5.44. The first kappa shape index (κ1) is 18.9. The molecule has 0 spiro atoms. The van der Waals surface area contributed by atoms with E-state index in [-0.39, 0.29) is 5.60 Å². The van der Waals surface area contributed by atoms with Crippen molar-refractivity contribution in [2.75, 3.05) is 20.2 Å². The fourth-order valence-corrected chi connectivity index (χ4v) is 2.24. The number of nitrogens with one attached hydrogen (secondary N) is 2. The fourth-order valence-electron chi connectivity index (χ4n) is 2.24. The molecule has 1 heterocycles. The predicted octanol–water partition coefficient (Wildman–Crippen LogP) is 3.23. The van der Waals surface area contributed by atoms with Gasteiger partial charge in [0.25, 0.3) is 0 Å². The Labute approximate surface area is 150 Å². The summed E-state index contributed by atoms with van der Waals surface area (Å²) in [5, 5.41) is 6.60. The van der Waals surface area contributed by atoms with E-state index in [2.05, 4.69) is 45.7 Å². The number of rotatable bonds is 7. The first-order valence-electron chi connectivity index (χ1n) is 8.62. The van der Waals surface area contributed by atoms with Gasteiger partial charge in [-0.05, 0) is 44.5 Å². The average Bonchev–Trinajstić information content (AvgIpc) is 2.65. The third-order valence-electron chi connectivity index (χ3n) is 3.89. The molecule has 0 radical (unpaired) electrons. The van der Waals surface area contributed by atoms with Crippen molar-refractivity contribution in [1.29, 1.82) is 0 Å². The molecule has 1 aromatic heterocycles. The molecule has 1 aromatic carbocycles. The van der Waals surface area contributed by atoms with Crippen LogP contribution in [0.25, 0.3) is 11.3 Å². The van der Waals surface area contributed by atoms with Crippen molar-refractivity contribution in [2.24, 2.45) is 4.99 Å². The van der Waals surface area contributed by atoms with Crippen LogP contribution >= 0.6 is 0 Å². The molecule has 2 aromatic rings. The van der Waals surface area contributed by atoms with Crippen molar-refractivity contribution in [3.05, 3.63) is 54.2 Å². The number of hydrogen-bond acceptors (Lipinski definition) is 3. The molecule has 134 valence electrons. The van der Waals surface area contributed by atoms with E-state index in [9.17, 15) is 0 Å². The Balaban J connectivity index is 2.07. The van der Waals surface area contributed by atoms with E-state index in [1.54, 1.807) is 7.11 Å². The van der Waals surface area contributed by atoms with Gasteiger partial charge in [0, 0.05) is 32.0 Å². The van der Waals surface area contributed by atoms with Crippen LogP contribution in [0, 0.1) is 0 Å². The molecule has 2 N–H and O–H groups in total. The molecule has 0 atom stereocenters. The molecule has 5 heteroatoms. The zero-order valence-corrected chi connectivity index (χ0v) is 15.5. The zero-order valence-electron chi connectivity index (χ0n) is 15.5. The van der Waals surface area contributed by atoms with Crippen LogP contribution in [0.1, 0.15) is 26.3 Å². The molecular formula is C20H28N4O. The number of nitrogens with zero attached hydrogens (tertiary/aromatic N) is 2. The fraction of sp³-hybridized carbons (Fsp3) is 0.400. The quantitative estimate of drug-likeness (QED) is 0.600. The minimum absolute atomic E-state index is 0.241. The van der Waals surface area contributed by atoms with Crippen LogP contribution in [0.15, 0.2) is 53.7 Å². The summed E-state index contributed by atoms with van der Waals surface area (Å²) in [7, 11) is 1.72. The van der Waals surface area contributed by atoms with Crippen molar-refractivity contribution >= 4 is 5.96 Å². The Bertz CT molecular complexity index is 683. The summed E-state index contributed by atoms with van der Waals surface area (Å²) in [5.74, 6) is 0.788. The number of aromatic nitrogens is 1. The summed E-state index contributed by atoms with van der Waals surface area (Å²) in [6.45, 7) is 8.24. The lowest BCUT2D eigenvalue weighted by Gasteiger charge is -2.24. The third kappa shape index (κ3) is 6.19. The minimum Gasteiger partial charge on any atom is -0.377 e. The van der Waals surface area contributed by atoms with Gasteiger partial charge in [0.05, 0.1) is 17.8 Å². The lowest BCUT2D eigenvalue weighted by Crippen LogP contribution is -2.45. The number of methoxy groups -OCH3 is 1. The molecule has 0 saturated carbocycles. The van der Waals surface area contributed by atoms with Gasteiger partial charge in [-0.25, -0.2) is 4.99 Å². The Morgan fingerprint density at radius 2 is 2.00 bits per heavy atom. The van der Waals surface area contributed by atoms with Crippen LogP contribution in [0.5, 0.6) is 0 Å². The Morgan fingerprint density at radius 3 is 2.68 bits per heavy atom. The maximum Gasteiger partial charge on any atom is 0.191 e. The van der Waals surface area contributed by atoms with Gasteiger partial charge in [0.2, 0.25) is 0 Å². The smallest absolute Gasteiger partial charge is 0.191 e. The molecular weight excluding hydrogens is 312 g/mol. The van der Waals surface area contributed by atoms with Crippen molar-refractivity contribution in [3.8, 4) is 11.3 Å². The average molecular weight is 340 g/mol. The topological polar surface area (TPSA) is 58.5 Å². The molecule has 0 unspecified atom stereocenters. The molecule has 5 nitrogen and oxygen atoms in total. The number of hydrogen-bond donors (Lipinski definition) is 2. The molecule has 0 aliphatic rings. The zero-order chi connectivity index (χ0) is 18.1. The number of ether oxygens (including phenoxy) is 1. The SMILES string of the molecule is CCNC(=NCc1cccc(-c2ccccn2)c1)NCC(C)(C)OC. The van der Waals surface area contributed by atoms with Gasteiger partial charge >= 0.3 is 0 Å². The summed E-state index contributed by atoms with van der Waals surface area (Å²) in [6, 6.07) is 14.3. The molecule has 0 bridgehead atoms. The summed E-state index contributed by atoms with van der Waals surface area (Å²) in [5.41, 5.74) is 2.98. The van der Waals surface area contributed by atoms with Crippen LogP contribution in [-0.2, 0) is 11.3 Å². The number of pyridine rings is 1. The summed E-state index contributed by atoms with van der Waals surface area (Å²) < 4.78 is 5.44. The normalized spacial score (nSPS) is 12.1. The highest BCUT2D eigenvalue weighted by molar-refractivity contribution is 5.79. The first-order valence-corrected chi connectivity index (χ1v) is 8.62. The molecule has 0 aliphatic heterocycles. The van der Waals surface area contributed by atoms with Crippen LogP contribution in [0.4, 0.5) is 0 Å². The molecule has 25 heavy (non-hydrogen) atoms. The summed E-state index contributed by atoms with van der Waals surface area (Å²) >= 11 is 0. The van der Waals surface area contributed by atoms with E-state index in [0.29, 0.717) is 13.1 Å². The van der Waals surface area contributed by atoms with Gasteiger partial charge in [-0.1, -0.05) is 24.3 Å². The minimum atomic E-state index is -0.241. The first-order chi connectivity index (χ1) is 12.0. The van der Waals surface area contributed by atoms with E-state index in [1.807, 2.05) is 44.3 Å². The second-order valence-electron chi connectivity index (χ2n) is 6.43. The van der Waals surface area contributed by atoms with E-state index in [4.69, 9.17) is 4.74 Å². The van der Waals surface area contributed by atoms with E-state index in [1.165, 1.54) is 0 Å². The van der Waals surface area contributed by atoms with Crippen LogP contribution in [0.2, 0.25) is 0 Å². The van der Waals surface area contributed by atoms with Crippen molar-refractivity contribution in [3.63, 3.8) is 0 Å². The summed E-state index contributed by atoms with van der Waals surface area (Å²) in [6.07, 6.45) is 1.81. The standard InChI is InChI=1S/C20H28N4O/c1-5-21-19(24-15-20(2,3)25-4)23-14-16-9-8-10-17(13-16)18-11-6-7-12-22-18/h6-13H,5,14-15H2,1-4H3,(H2,21,23,24). The summed E-state index contributed by atoms with van der Waals surface area (Å²) in [4.78, 5) is 9.08. The lowest BCUT2D eigenvalue weighted by molar-refractivity contribution is 0.0268. The largest absolute Gasteiger partial charge is 0.377 e. The maximum atomic E-state index is 5.44. The predicted molar refractivity (Wildman–Crippen MR) is 104 cm³/mol. The van der Waals surface area contributed by atoms with Gasteiger partial charge in [0.1, 0.15) is 0 Å². The highest BCUT2D eigenvalue weighted by atomic mass is 16.5. The molecule has 0 amide bonds. The van der Waals surface area contributed by atoms with Crippen LogP contribution in [0.3, 0.4) is 0 Å². The Morgan fingerprint density at radius 1 is 1.16 bits per heavy atom. The highest BCUT2D eigenvalue weighted by Gasteiger charge is 2.16. The van der Waals surface area contributed by atoms with E-state index >= 15 is 0 Å². The van der Waals surface area contributed by atoms with E-state index in [0.717, 1.165) is 29.3 Å². The molecule has 2 rings (SSSR count). The number of aliphatic imine (C=N–C) groups is 1. The van der Waals surface area contributed by atoms with Gasteiger partial charge in [0.15, 0.2) is 5.96 Å². The van der Waals surface area contributed by atoms with Crippen molar-refractivity contribution in [1.82, 2.24) is 15.6 Å². The second-order valence-corrected chi connectivity index (χ2v) is 6.43. The van der Waals surface area contributed by atoms with Gasteiger partial charge in [-0.2, -0.15) is 0 Å². The Hall–Kier alpha value is -2.40. The van der Waals surface area contributed by atoms with Crippen LogP contribution in [-0.4, -0.2) is 36.7 Å². The lowest BCUT2D eigenvalue weighted by atomic mass is 10.1. The third-order valence-corrected chi connectivity index (χ3v) is 3.89. The van der Waals surface area contributed by atoms with Crippen molar-refractivity contribution < 1.29 is 4.74 Å². The van der Waals surface area contributed by atoms with Gasteiger partial charge < -0.3 is 15.4 Å². The number of guanidine groups is 1. The monoisotopic (exact) mass is 340 g/mol.